The fourth-order valence-electron chi connectivity index (χ4n) is 1.63. The lowest BCUT2D eigenvalue weighted by molar-refractivity contribution is -0.139. The van der Waals surface area contributed by atoms with Crippen molar-refractivity contribution in [2.45, 2.75) is 17.7 Å². The molecule has 0 saturated heterocycles. The highest BCUT2D eigenvalue weighted by Gasteiger charge is 2.11. The molecule has 7 nitrogen and oxygen atoms in total. The smallest absolute Gasteiger partial charge is 0.316 e. The van der Waals surface area contributed by atoms with Gasteiger partial charge in [0.2, 0.25) is 11.0 Å². The molecule has 1 heterocycles. The van der Waals surface area contributed by atoms with Gasteiger partial charge < -0.3 is 15.8 Å². The van der Waals surface area contributed by atoms with Crippen LogP contribution in [0.2, 0.25) is 0 Å². The summed E-state index contributed by atoms with van der Waals surface area (Å²) >= 11 is 2.44. The first-order valence-electron chi connectivity index (χ1n) is 6.83. The zero-order valence-corrected chi connectivity index (χ0v) is 14.1. The number of anilines is 2. The molecule has 0 saturated carbocycles. The Morgan fingerprint density at radius 2 is 2.04 bits per heavy atom. The van der Waals surface area contributed by atoms with Crippen LogP contribution in [0.4, 0.5) is 10.8 Å². The topological polar surface area (TPSA) is 107 Å². The van der Waals surface area contributed by atoms with Crippen LogP contribution in [0, 0.1) is 0 Å². The number of benzene rings is 1. The number of amides is 1. The summed E-state index contributed by atoms with van der Waals surface area (Å²) in [5, 5.41) is 10.9. The van der Waals surface area contributed by atoms with E-state index >= 15 is 0 Å². The molecule has 0 unspecified atom stereocenters. The first-order valence-corrected chi connectivity index (χ1v) is 8.63. The van der Waals surface area contributed by atoms with Crippen LogP contribution in [-0.2, 0) is 20.7 Å². The second kappa shape index (κ2) is 8.49. The van der Waals surface area contributed by atoms with Crippen molar-refractivity contribution in [2.24, 2.45) is 0 Å². The predicted octanol–water partition coefficient (Wildman–Crippen LogP) is 1.96. The number of nitrogens with one attached hydrogen (secondary N) is 1. The molecule has 3 N–H and O–H groups in total. The molecule has 0 aliphatic carbocycles. The van der Waals surface area contributed by atoms with Crippen LogP contribution in [0.3, 0.4) is 0 Å². The van der Waals surface area contributed by atoms with Crippen LogP contribution in [0.25, 0.3) is 0 Å². The van der Waals surface area contributed by atoms with E-state index in [1.807, 2.05) is 0 Å². The normalized spacial score (nSPS) is 10.3. The van der Waals surface area contributed by atoms with E-state index in [0.29, 0.717) is 21.8 Å². The van der Waals surface area contributed by atoms with Crippen molar-refractivity contribution in [1.29, 1.82) is 0 Å². The van der Waals surface area contributed by atoms with E-state index in [2.05, 4.69) is 15.5 Å². The Bertz CT molecular complexity index is 673. The van der Waals surface area contributed by atoms with E-state index in [4.69, 9.17) is 10.5 Å². The summed E-state index contributed by atoms with van der Waals surface area (Å²) in [4.78, 5) is 23.2. The maximum Gasteiger partial charge on any atom is 0.316 e. The lowest BCUT2D eigenvalue weighted by Crippen LogP contribution is -2.14. The Morgan fingerprint density at radius 1 is 1.30 bits per heavy atom. The number of aromatic nitrogens is 2. The van der Waals surface area contributed by atoms with Gasteiger partial charge in [0, 0.05) is 5.69 Å². The van der Waals surface area contributed by atoms with Gasteiger partial charge in [-0.1, -0.05) is 35.2 Å². The van der Waals surface area contributed by atoms with Gasteiger partial charge in [-0.25, -0.2) is 0 Å². The quantitative estimate of drug-likeness (QED) is 0.339. The Labute approximate surface area is 141 Å². The molecular formula is C14H16N4O3S2. The summed E-state index contributed by atoms with van der Waals surface area (Å²) in [7, 11) is 0. The number of nitrogens with zero attached hydrogens (tertiary/aromatic N) is 2. The van der Waals surface area contributed by atoms with Gasteiger partial charge in [-0.2, -0.15) is 0 Å². The zero-order valence-electron chi connectivity index (χ0n) is 12.4. The van der Waals surface area contributed by atoms with E-state index in [1.165, 1.54) is 23.1 Å². The van der Waals surface area contributed by atoms with E-state index in [9.17, 15) is 9.59 Å². The van der Waals surface area contributed by atoms with Crippen LogP contribution >= 0.6 is 23.1 Å². The number of thioether (sulfide) groups is 1. The van der Waals surface area contributed by atoms with Crippen molar-refractivity contribution in [3.8, 4) is 0 Å². The average Bonchev–Trinajstić information content (AvgIpc) is 2.95. The van der Waals surface area contributed by atoms with E-state index < -0.39 is 0 Å². The van der Waals surface area contributed by atoms with Crippen molar-refractivity contribution >= 4 is 45.8 Å². The summed E-state index contributed by atoms with van der Waals surface area (Å²) in [5.41, 5.74) is 7.11. The average molecular weight is 352 g/mol. The van der Waals surface area contributed by atoms with Gasteiger partial charge in [0.1, 0.15) is 0 Å². The fraction of sp³-hybridized carbons (Fsp3) is 0.286. The summed E-state index contributed by atoms with van der Waals surface area (Å²) in [5.74, 6) is -0.323. The number of esters is 1. The molecule has 23 heavy (non-hydrogen) atoms. The monoisotopic (exact) mass is 352 g/mol. The Kier molecular flexibility index (Phi) is 6.36. The van der Waals surface area contributed by atoms with Crippen LogP contribution in [0.1, 0.15) is 12.5 Å². The minimum atomic E-state index is -0.304. The van der Waals surface area contributed by atoms with Crippen molar-refractivity contribution in [3.63, 3.8) is 0 Å². The molecule has 0 bridgehead atoms. The van der Waals surface area contributed by atoms with Gasteiger partial charge in [0.05, 0.1) is 18.8 Å². The van der Waals surface area contributed by atoms with Crippen LogP contribution < -0.4 is 11.1 Å². The number of hydrogen-bond donors (Lipinski definition) is 2. The SMILES string of the molecule is CCOC(=O)CSc1nnc(NC(=O)Cc2ccc(N)cc2)s1. The van der Waals surface area contributed by atoms with Crippen molar-refractivity contribution < 1.29 is 14.3 Å². The molecule has 1 amide bonds. The molecule has 1 aromatic heterocycles. The van der Waals surface area contributed by atoms with Gasteiger partial charge in [0.25, 0.3) is 0 Å². The van der Waals surface area contributed by atoms with Gasteiger partial charge in [0.15, 0.2) is 4.34 Å². The third-order valence-electron chi connectivity index (χ3n) is 2.62. The molecule has 0 radical (unpaired) electrons. The molecule has 0 spiro atoms. The highest BCUT2D eigenvalue weighted by atomic mass is 32.2. The molecule has 2 rings (SSSR count). The summed E-state index contributed by atoms with van der Waals surface area (Å²) < 4.78 is 5.43. The van der Waals surface area contributed by atoms with Crippen molar-refractivity contribution in [2.75, 3.05) is 23.4 Å². The number of ether oxygens (including phenoxy) is 1. The third-order valence-corrected chi connectivity index (χ3v) is 4.56. The maximum atomic E-state index is 11.9. The van der Waals surface area contributed by atoms with Gasteiger partial charge in [-0.3, -0.25) is 9.59 Å². The second-order valence-corrected chi connectivity index (χ2v) is 6.63. The molecule has 0 aliphatic rings. The maximum absolute atomic E-state index is 11.9. The first kappa shape index (κ1) is 17.2. The molecule has 122 valence electrons. The number of carbonyl (C=O) groups is 2. The van der Waals surface area contributed by atoms with Gasteiger partial charge in [-0.05, 0) is 24.6 Å². The summed E-state index contributed by atoms with van der Waals surface area (Å²) in [6.45, 7) is 2.10. The second-order valence-electron chi connectivity index (χ2n) is 4.43. The molecular weight excluding hydrogens is 336 g/mol. The van der Waals surface area contributed by atoms with Crippen LogP contribution in [0.15, 0.2) is 28.6 Å². The molecule has 0 atom stereocenters. The lowest BCUT2D eigenvalue weighted by Gasteiger charge is -2.02. The molecule has 0 aliphatic heterocycles. The summed E-state index contributed by atoms with van der Waals surface area (Å²) in [6, 6.07) is 7.10. The van der Waals surface area contributed by atoms with Crippen molar-refractivity contribution in [1.82, 2.24) is 10.2 Å². The van der Waals surface area contributed by atoms with Gasteiger partial charge in [-0.15, -0.1) is 10.2 Å². The lowest BCUT2D eigenvalue weighted by atomic mass is 10.1. The number of nitrogen functional groups attached to an aromatic ring is 1. The van der Waals surface area contributed by atoms with E-state index in [1.54, 1.807) is 31.2 Å². The Morgan fingerprint density at radius 3 is 2.74 bits per heavy atom. The standard InChI is InChI=1S/C14H16N4O3S2/c1-2-21-12(20)8-22-14-18-17-13(23-14)16-11(19)7-9-3-5-10(15)6-4-9/h3-6H,2,7-8,15H2,1H3,(H,16,17,19). The van der Waals surface area contributed by atoms with Crippen molar-refractivity contribution in [3.05, 3.63) is 29.8 Å². The molecule has 1 aromatic carbocycles. The number of hydrogen-bond acceptors (Lipinski definition) is 8. The number of carbonyl (C=O) groups excluding carboxylic acids is 2. The highest BCUT2D eigenvalue weighted by Crippen LogP contribution is 2.25. The highest BCUT2D eigenvalue weighted by molar-refractivity contribution is 8.01. The fourth-order valence-corrected chi connectivity index (χ4v) is 3.19. The minimum absolute atomic E-state index is 0.169. The molecule has 9 heteroatoms. The Balaban J connectivity index is 1.82. The predicted molar refractivity (Wildman–Crippen MR) is 90.5 cm³/mol. The summed E-state index contributed by atoms with van der Waals surface area (Å²) in [6.07, 6.45) is 0.227. The largest absolute Gasteiger partial charge is 0.465 e. The molecule has 0 fully saturated rings. The third kappa shape index (κ3) is 5.87. The number of rotatable bonds is 7. The van der Waals surface area contributed by atoms with Crippen LogP contribution in [0.5, 0.6) is 0 Å². The van der Waals surface area contributed by atoms with Crippen LogP contribution in [-0.4, -0.2) is 34.4 Å². The Hall–Kier alpha value is -2.13. The molecule has 2 aromatic rings. The first-order chi connectivity index (χ1) is 11.1. The van der Waals surface area contributed by atoms with E-state index in [-0.39, 0.29) is 24.1 Å². The number of nitrogens with two attached hydrogens (primary N) is 1. The zero-order chi connectivity index (χ0) is 16.7. The minimum Gasteiger partial charge on any atom is -0.465 e. The van der Waals surface area contributed by atoms with E-state index in [0.717, 1.165) is 5.56 Å². The van der Waals surface area contributed by atoms with Gasteiger partial charge >= 0.3 is 5.97 Å².